The van der Waals surface area contributed by atoms with E-state index in [0.29, 0.717) is 5.02 Å². The van der Waals surface area contributed by atoms with Crippen molar-refractivity contribution < 1.29 is 4.79 Å². The summed E-state index contributed by atoms with van der Waals surface area (Å²) in [5.74, 6) is 0. The maximum absolute atomic E-state index is 10.7. The minimum absolute atomic E-state index is 0.717. The highest BCUT2D eigenvalue weighted by molar-refractivity contribution is 7.17. The lowest BCUT2D eigenvalue weighted by Gasteiger charge is -1.99. The number of hydrogen-bond acceptors (Lipinski definition) is 2. The Morgan fingerprint density at radius 1 is 1.46 bits per heavy atom. The summed E-state index contributed by atoms with van der Waals surface area (Å²) in [5.41, 5.74) is 1.72. The van der Waals surface area contributed by atoms with Crippen LogP contribution in [-0.4, -0.2) is 6.29 Å². The summed E-state index contributed by atoms with van der Waals surface area (Å²) in [7, 11) is 0. The van der Waals surface area contributed by atoms with Gasteiger partial charge in [-0.1, -0.05) is 11.6 Å². The molecule has 0 radical (unpaired) electrons. The third-order valence-electron chi connectivity index (χ3n) is 2.09. The fourth-order valence-corrected chi connectivity index (χ4v) is 2.51. The fourth-order valence-electron chi connectivity index (χ4n) is 1.39. The number of hydrogen-bond donors (Lipinski definition) is 0. The van der Waals surface area contributed by atoms with Gasteiger partial charge >= 0.3 is 0 Å². The average molecular weight is 211 g/mol. The normalized spacial score (nSPS) is 10.6. The summed E-state index contributed by atoms with van der Waals surface area (Å²) >= 11 is 7.53. The fraction of sp³-hybridized carbons (Fsp3) is 0.100. The van der Waals surface area contributed by atoms with E-state index < -0.39 is 0 Å². The molecule has 1 heterocycles. The number of halogens is 1. The van der Waals surface area contributed by atoms with Crippen molar-refractivity contribution in [2.75, 3.05) is 0 Å². The summed E-state index contributed by atoms with van der Waals surface area (Å²) in [6.07, 6.45) is 0.877. The van der Waals surface area contributed by atoms with E-state index in [9.17, 15) is 4.79 Å². The second kappa shape index (κ2) is 3.13. The molecule has 2 rings (SSSR count). The molecule has 0 N–H and O–H groups in total. The number of aldehydes is 1. The standard InChI is InChI=1S/C10H7ClOS/c1-6-8(11)2-3-9-10(6)7(4-12)5-13-9/h2-5H,1H3. The Bertz CT molecular complexity index is 473. The van der Waals surface area contributed by atoms with E-state index in [2.05, 4.69) is 0 Å². The molecule has 3 heteroatoms. The maximum atomic E-state index is 10.7. The lowest BCUT2D eigenvalue weighted by Crippen LogP contribution is -1.80. The lowest BCUT2D eigenvalue weighted by atomic mass is 10.1. The zero-order chi connectivity index (χ0) is 9.42. The minimum atomic E-state index is 0.717. The number of carbonyl (C=O) groups excluding carboxylic acids is 1. The maximum Gasteiger partial charge on any atom is 0.151 e. The van der Waals surface area contributed by atoms with Crippen LogP contribution in [0.5, 0.6) is 0 Å². The van der Waals surface area contributed by atoms with Crippen molar-refractivity contribution in [2.24, 2.45) is 0 Å². The van der Waals surface area contributed by atoms with Gasteiger partial charge in [0.15, 0.2) is 6.29 Å². The molecule has 1 aromatic carbocycles. The molecule has 1 aromatic heterocycles. The number of benzene rings is 1. The number of fused-ring (bicyclic) bond motifs is 1. The first-order valence-corrected chi connectivity index (χ1v) is 5.11. The van der Waals surface area contributed by atoms with Gasteiger partial charge in [0.2, 0.25) is 0 Å². The summed E-state index contributed by atoms with van der Waals surface area (Å²) < 4.78 is 1.11. The first-order valence-electron chi connectivity index (χ1n) is 3.85. The van der Waals surface area contributed by atoms with E-state index in [1.165, 1.54) is 0 Å². The lowest BCUT2D eigenvalue weighted by molar-refractivity contribution is 0.112. The molecular weight excluding hydrogens is 204 g/mol. The first-order chi connectivity index (χ1) is 6.24. The van der Waals surface area contributed by atoms with Gasteiger partial charge in [0.1, 0.15) is 0 Å². The molecular formula is C10H7ClOS. The highest BCUT2D eigenvalue weighted by Gasteiger charge is 2.07. The van der Waals surface area contributed by atoms with Crippen LogP contribution in [-0.2, 0) is 0 Å². The van der Waals surface area contributed by atoms with Crippen LogP contribution < -0.4 is 0 Å². The van der Waals surface area contributed by atoms with Gasteiger partial charge in [-0.15, -0.1) is 11.3 Å². The van der Waals surface area contributed by atoms with E-state index in [4.69, 9.17) is 11.6 Å². The van der Waals surface area contributed by atoms with E-state index in [1.54, 1.807) is 11.3 Å². The zero-order valence-corrected chi connectivity index (χ0v) is 8.58. The van der Waals surface area contributed by atoms with Gasteiger partial charge in [0, 0.05) is 26.1 Å². The van der Waals surface area contributed by atoms with Crippen molar-refractivity contribution in [2.45, 2.75) is 6.92 Å². The topological polar surface area (TPSA) is 17.1 Å². The number of carbonyl (C=O) groups is 1. The zero-order valence-electron chi connectivity index (χ0n) is 7.00. The molecule has 0 saturated carbocycles. The Labute approximate surface area is 84.9 Å². The Hall–Kier alpha value is -0.860. The van der Waals surface area contributed by atoms with Crippen LogP contribution in [0.4, 0.5) is 0 Å². The number of thiophene rings is 1. The van der Waals surface area contributed by atoms with Gasteiger partial charge in [-0.3, -0.25) is 4.79 Å². The second-order valence-corrected chi connectivity index (χ2v) is 4.17. The smallest absolute Gasteiger partial charge is 0.151 e. The molecule has 0 aliphatic heterocycles. The van der Waals surface area contributed by atoms with Gasteiger partial charge in [0.05, 0.1) is 0 Å². The molecule has 0 atom stereocenters. The van der Waals surface area contributed by atoms with Gasteiger partial charge in [-0.05, 0) is 24.6 Å². The van der Waals surface area contributed by atoms with Crippen LogP contribution in [0.3, 0.4) is 0 Å². The predicted octanol–water partition coefficient (Wildman–Crippen LogP) is 3.68. The van der Waals surface area contributed by atoms with Crippen LogP contribution in [0.25, 0.3) is 10.1 Å². The van der Waals surface area contributed by atoms with E-state index in [-0.39, 0.29) is 0 Å². The molecule has 0 spiro atoms. The van der Waals surface area contributed by atoms with Crippen molar-refractivity contribution in [1.82, 2.24) is 0 Å². The molecule has 2 aromatic rings. The predicted molar refractivity (Wildman–Crippen MR) is 57.0 cm³/mol. The monoisotopic (exact) mass is 210 g/mol. The second-order valence-electron chi connectivity index (χ2n) is 2.85. The van der Waals surface area contributed by atoms with Crippen molar-refractivity contribution in [3.63, 3.8) is 0 Å². The average Bonchev–Trinajstić information content (AvgIpc) is 2.55. The Morgan fingerprint density at radius 2 is 2.23 bits per heavy atom. The van der Waals surface area contributed by atoms with Crippen molar-refractivity contribution in [1.29, 1.82) is 0 Å². The SMILES string of the molecule is Cc1c(Cl)ccc2scc(C=O)c12. The first kappa shape index (κ1) is 8.73. The number of rotatable bonds is 1. The Balaban J connectivity index is 2.93. The van der Waals surface area contributed by atoms with Gasteiger partial charge in [0.25, 0.3) is 0 Å². The van der Waals surface area contributed by atoms with E-state index >= 15 is 0 Å². The summed E-state index contributed by atoms with van der Waals surface area (Å²) in [6, 6.07) is 3.81. The molecule has 13 heavy (non-hydrogen) atoms. The van der Waals surface area contributed by atoms with Gasteiger partial charge in [-0.2, -0.15) is 0 Å². The van der Waals surface area contributed by atoms with Crippen LogP contribution in [0.15, 0.2) is 17.5 Å². The third-order valence-corrected chi connectivity index (χ3v) is 3.46. The van der Waals surface area contributed by atoms with Crippen molar-refractivity contribution >= 4 is 39.3 Å². The van der Waals surface area contributed by atoms with Crippen LogP contribution in [0.1, 0.15) is 15.9 Å². The van der Waals surface area contributed by atoms with E-state index in [1.807, 2.05) is 24.4 Å². The largest absolute Gasteiger partial charge is 0.298 e. The summed E-state index contributed by atoms with van der Waals surface area (Å²) in [6.45, 7) is 1.93. The van der Waals surface area contributed by atoms with Gasteiger partial charge in [-0.25, -0.2) is 0 Å². The summed E-state index contributed by atoms with van der Waals surface area (Å²) in [5, 5.41) is 3.57. The molecule has 0 bridgehead atoms. The molecule has 0 fully saturated rings. The van der Waals surface area contributed by atoms with Crippen LogP contribution in [0, 0.1) is 6.92 Å². The summed E-state index contributed by atoms with van der Waals surface area (Å²) in [4.78, 5) is 10.7. The number of aryl methyl sites for hydroxylation is 1. The Morgan fingerprint density at radius 3 is 2.92 bits per heavy atom. The van der Waals surface area contributed by atoms with Crippen molar-refractivity contribution in [3.05, 3.63) is 33.7 Å². The molecule has 0 unspecified atom stereocenters. The van der Waals surface area contributed by atoms with Crippen LogP contribution >= 0.6 is 22.9 Å². The molecule has 0 amide bonds. The Kier molecular flexibility index (Phi) is 2.10. The minimum Gasteiger partial charge on any atom is -0.298 e. The van der Waals surface area contributed by atoms with Crippen LogP contribution in [0.2, 0.25) is 5.02 Å². The molecule has 0 aliphatic rings. The quantitative estimate of drug-likeness (QED) is 0.657. The molecule has 1 nitrogen and oxygen atoms in total. The van der Waals surface area contributed by atoms with Gasteiger partial charge < -0.3 is 0 Å². The van der Waals surface area contributed by atoms with Crippen molar-refractivity contribution in [3.8, 4) is 0 Å². The molecule has 0 saturated heterocycles. The van der Waals surface area contributed by atoms with E-state index in [0.717, 1.165) is 27.5 Å². The molecule has 66 valence electrons. The molecule has 0 aliphatic carbocycles. The highest BCUT2D eigenvalue weighted by Crippen LogP contribution is 2.31. The third kappa shape index (κ3) is 1.26. The highest BCUT2D eigenvalue weighted by atomic mass is 35.5.